The SMILES string of the molecule is CNCc1c(C)nc(-c2ccccc2OC)nc1C. The highest BCUT2D eigenvalue weighted by molar-refractivity contribution is 5.64. The van der Waals surface area contributed by atoms with Gasteiger partial charge < -0.3 is 10.1 Å². The summed E-state index contributed by atoms with van der Waals surface area (Å²) < 4.78 is 5.36. The Morgan fingerprint density at radius 3 is 2.32 bits per heavy atom. The van der Waals surface area contributed by atoms with Crippen LogP contribution in [-0.4, -0.2) is 24.1 Å². The number of aryl methyl sites for hydroxylation is 2. The van der Waals surface area contributed by atoms with Crippen LogP contribution < -0.4 is 10.1 Å². The van der Waals surface area contributed by atoms with E-state index in [4.69, 9.17) is 4.74 Å². The Balaban J connectivity index is 2.52. The number of nitrogens with one attached hydrogen (secondary N) is 1. The molecule has 4 nitrogen and oxygen atoms in total. The molecule has 1 aromatic heterocycles. The summed E-state index contributed by atoms with van der Waals surface area (Å²) in [6.07, 6.45) is 0. The number of ether oxygens (including phenoxy) is 1. The average molecular weight is 257 g/mol. The molecule has 0 radical (unpaired) electrons. The quantitative estimate of drug-likeness (QED) is 0.914. The Hall–Kier alpha value is -1.94. The maximum Gasteiger partial charge on any atom is 0.163 e. The molecule has 0 aliphatic rings. The second-order valence-electron chi connectivity index (χ2n) is 4.43. The molecule has 2 aromatic rings. The van der Waals surface area contributed by atoms with Crippen molar-refractivity contribution >= 4 is 0 Å². The van der Waals surface area contributed by atoms with E-state index in [1.54, 1.807) is 7.11 Å². The summed E-state index contributed by atoms with van der Waals surface area (Å²) in [4.78, 5) is 9.20. The van der Waals surface area contributed by atoms with Crippen molar-refractivity contribution in [3.63, 3.8) is 0 Å². The van der Waals surface area contributed by atoms with E-state index in [-0.39, 0.29) is 0 Å². The molecule has 100 valence electrons. The summed E-state index contributed by atoms with van der Waals surface area (Å²) in [7, 11) is 3.58. The molecule has 0 atom stereocenters. The van der Waals surface area contributed by atoms with Crippen LogP contribution in [0, 0.1) is 13.8 Å². The molecular formula is C15H19N3O. The fourth-order valence-corrected chi connectivity index (χ4v) is 2.12. The largest absolute Gasteiger partial charge is 0.496 e. The Kier molecular flexibility index (Phi) is 4.12. The first-order valence-corrected chi connectivity index (χ1v) is 6.29. The standard InChI is InChI=1S/C15H19N3O/c1-10-13(9-16-3)11(2)18-15(17-10)12-7-5-6-8-14(12)19-4/h5-8,16H,9H2,1-4H3. The summed E-state index contributed by atoms with van der Waals surface area (Å²) in [5.41, 5.74) is 4.08. The lowest BCUT2D eigenvalue weighted by molar-refractivity contribution is 0.416. The highest BCUT2D eigenvalue weighted by Crippen LogP contribution is 2.27. The van der Waals surface area contributed by atoms with Gasteiger partial charge in [0.15, 0.2) is 5.82 Å². The monoisotopic (exact) mass is 257 g/mol. The molecule has 1 N–H and O–H groups in total. The van der Waals surface area contributed by atoms with Crippen LogP contribution in [0.25, 0.3) is 11.4 Å². The summed E-state index contributed by atoms with van der Waals surface area (Å²) in [6, 6.07) is 7.81. The van der Waals surface area contributed by atoms with Crippen molar-refractivity contribution in [2.24, 2.45) is 0 Å². The van der Waals surface area contributed by atoms with Crippen molar-refractivity contribution in [3.8, 4) is 17.1 Å². The fraction of sp³-hybridized carbons (Fsp3) is 0.333. The Bertz CT molecular complexity index is 558. The van der Waals surface area contributed by atoms with E-state index in [1.165, 1.54) is 0 Å². The minimum Gasteiger partial charge on any atom is -0.496 e. The van der Waals surface area contributed by atoms with Crippen LogP contribution in [0.2, 0.25) is 0 Å². The van der Waals surface area contributed by atoms with Gasteiger partial charge in [-0.15, -0.1) is 0 Å². The Labute approximate surface area is 113 Å². The average Bonchev–Trinajstić information content (AvgIpc) is 2.42. The van der Waals surface area contributed by atoms with Crippen LogP contribution in [0.1, 0.15) is 17.0 Å². The molecular weight excluding hydrogens is 238 g/mol. The van der Waals surface area contributed by atoms with Gasteiger partial charge in [-0.3, -0.25) is 0 Å². The normalized spacial score (nSPS) is 10.5. The maximum absolute atomic E-state index is 5.36. The van der Waals surface area contributed by atoms with Crippen molar-refractivity contribution in [2.45, 2.75) is 20.4 Å². The predicted molar refractivity (Wildman–Crippen MR) is 76.3 cm³/mol. The van der Waals surface area contributed by atoms with Gasteiger partial charge in [0.05, 0.1) is 12.7 Å². The number of benzene rings is 1. The fourth-order valence-electron chi connectivity index (χ4n) is 2.12. The number of methoxy groups -OCH3 is 1. The molecule has 0 aliphatic carbocycles. The van der Waals surface area contributed by atoms with Gasteiger partial charge in [-0.25, -0.2) is 9.97 Å². The number of hydrogen-bond acceptors (Lipinski definition) is 4. The van der Waals surface area contributed by atoms with E-state index in [9.17, 15) is 0 Å². The zero-order valence-corrected chi connectivity index (χ0v) is 11.8. The van der Waals surface area contributed by atoms with E-state index < -0.39 is 0 Å². The van der Waals surface area contributed by atoms with E-state index in [0.717, 1.165) is 34.8 Å². The summed E-state index contributed by atoms with van der Waals surface area (Å²) in [6.45, 7) is 4.81. The smallest absolute Gasteiger partial charge is 0.163 e. The second kappa shape index (κ2) is 5.80. The van der Waals surface area contributed by atoms with Crippen LogP contribution in [0.4, 0.5) is 0 Å². The van der Waals surface area contributed by atoms with Crippen molar-refractivity contribution in [3.05, 3.63) is 41.2 Å². The number of nitrogens with zero attached hydrogens (tertiary/aromatic N) is 2. The van der Waals surface area contributed by atoms with E-state index in [2.05, 4.69) is 15.3 Å². The first-order valence-electron chi connectivity index (χ1n) is 6.29. The van der Waals surface area contributed by atoms with Gasteiger partial charge in [0.25, 0.3) is 0 Å². The molecule has 0 bridgehead atoms. The maximum atomic E-state index is 5.36. The molecule has 19 heavy (non-hydrogen) atoms. The topological polar surface area (TPSA) is 47.0 Å². The third-order valence-corrected chi connectivity index (χ3v) is 3.12. The van der Waals surface area contributed by atoms with Crippen LogP contribution in [0.5, 0.6) is 5.75 Å². The highest BCUT2D eigenvalue weighted by Gasteiger charge is 2.12. The van der Waals surface area contributed by atoms with Gasteiger partial charge in [0.1, 0.15) is 5.75 Å². The Morgan fingerprint density at radius 2 is 1.74 bits per heavy atom. The molecule has 1 heterocycles. The third-order valence-electron chi connectivity index (χ3n) is 3.12. The Morgan fingerprint density at radius 1 is 1.11 bits per heavy atom. The van der Waals surface area contributed by atoms with Crippen molar-refractivity contribution in [1.29, 1.82) is 0 Å². The van der Waals surface area contributed by atoms with Gasteiger partial charge >= 0.3 is 0 Å². The number of para-hydroxylation sites is 1. The highest BCUT2D eigenvalue weighted by atomic mass is 16.5. The van der Waals surface area contributed by atoms with Gasteiger partial charge in [-0.2, -0.15) is 0 Å². The van der Waals surface area contributed by atoms with Crippen molar-refractivity contribution < 1.29 is 4.74 Å². The molecule has 0 spiro atoms. The summed E-state index contributed by atoms with van der Waals surface area (Å²) in [5.74, 6) is 1.51. The molecule has 0 aliphatic heterocycles. The zero-order chi connectivity index (χ0) is 13.8. The molecule has 0 unspecified atom stereocenters. The van der Waals surface area contributed by atoms with Crippen LogP contribution in [0.15, 0.2) is 24.3 Å². The first kappa shape index (κ1) is 13.5. The predicted octanol–water partition coefficient (Wildman–Crippen LogP) is 2.49. The summed E-state index contributed by atoms with van der Waals surface area (Å²) >= 11 is 0. The zero-order valence-electron chi connectivity index (χ0n) is 11.8. The lowest BCUT2D eigenvalue weighted by Gasteiger charge is -2.12. The molecule has 0 amide bonds. The van der Waals surface area contributed by atoms with Crippen LogP contribution >= 0.6 is 0 Å². The van der Waals surface area contributed by atoms with Crippen LogP contribution in [0.3, 0.4) is 0 Å². The minimum absolute atomic E-state index is 0.715. The number of aromatic nitrogens is 2. The molecule has 0 saturated carbocycles. The van der Waals surface area contributed by atoms with E-state index in [1.807, 2.05) is 45.2 Å². The van der Waals surface area contributed by atoms with Crippen molar-refractivity contribution in [1.82, 2.24) is 15.3 Å². The van der Waals surface area contributed by atoms with Gasteiger partial charge in [0, 0.05) is 23.5 Å². The number of rotatable bonds is 4. The van der Waals surface area contributed by atoms with Gasteiger partial charge in [-0.05, 0) is 33.0 Å². The lowest BCUT2D eigenvalue weighted by Crippen LogP contribution is -2.11. The molecule has 4 heteroatoms. The third kappa shape index (κ3) is 2.74. The first-order chi connectivity index (χ1) is 9.17. The van der Waals surface area contributed by atoms with E-state index >= 15 is 0 Å². The summed E-state index contributed by atoms with van der Waals surface area (Å²) in [5, 5.41) is 3.14. The molecule has 1 aromatic carbocycles. The number of hydrogen-bond donors (Lipinski definition) is 1. The minimum atomic E-state index is 0.715. The lowest BCUT2D eigenvalue weighted by atomic mass is 10.1. The van der Waals surface area contributed by atoms with Gasteiger partial charge in [0.2, 0.25) is 0 Å². The molecule has 2 rings (SSSR count). The van der Waals surface area contributed by atoms with Crippen molar-refractivity contribution in [2.75, 3.05) is 14.2 Å². The second-order valence-corrected chi connectivity index (χ2v) is 4.43. The molecule has 0 fully saturated rings. The molecule has 0 saturated heterocycles. The van der Waals surface area contributed by atoms with E-state index in [0.29, 0.717) is 5.82 Å². The van der Waals surface area contributed by atoms with Crippen LogP contribution in [-0.2, 0) is 6.54 Å². The van der Waals surface area contributed by atoms with Gasteiger partial charge in [-0.1, -0.05) is 12.1 Å².